The predicted molar refractivity (Wildman–Crippen MR) is 80.8 cm³/mol. The van der Waals surface area contributed by atoms with Gasteiger partial charge < -0.3 is 9.64 Å². The van der Waals surface area contributed by atoms with Gasteiger partial charge in [0, 0.05) is 37.9 Å². The zero-order valence-corrected chi connectivity index (χ0v) is 12.2. The smallest absolute Gasteiger partial charge is 0.0472 e. The fourth-order valence-corrected chi connectivity index (χ4v) is 3.05. The first-order valence-corrected chi connectivity index (χ1v) is 7.25. The van der Waals surface area contributed by atoms with Gasteiger partial charge in [-0.1, -0.05) is 12.1 Å². The van der Waals surface area contributed by atoms with Crippen molar-refractivity contribution < 1.29 is 4.74 Å². The topological polar surface area (TPSA) is 12.5 Å². The molecule has 0 unspecified atom stereocenters. The number of anilines is 1. The van der Waals surface area contributed by atoms with Crippen molar-refractivity contribution in [1.29, 1.82) is 0 Å². The van der Waals surface area contributed by atoms with Crippen molar-refractivity contribution in [1.82, 2.24) is 0 Å². The second-order valence-corrected chi connectivity index (χ2v) is 5.78. The molecule has 0 atom stereocenters. The maximum absolute atomic E-state index is 5.48. The van der Waals surface area contributed by atoms with Gasteiger partial charge >= 0.3 is 0 Å². The average molecular weight is 265 g/mol. The van der Waals surface area contributed by atoms with E-state index in [9.17, 15) is 0 Å². The summed E-state index contributed by atoms with van der Waals surface area (Å²) in [6.45, 7) is 4.95. The first-order valence-electron chi connectivity index (χ1n) is 6.62. The zero-order chi connectivity index (χ0) is 13.0. The van der Waals surface area contributed by atoms with E-state index < -0.39 is 0 Å². The summed E-state index contributed by atoms with van der Waals surface area (Å²) in [5, 5.41) is 0. The molecule has 1 fully saturated rings. The van der Waals surface area contributed by atoms with E-state index in [1.165, 1.54) is 11.3 Å². The minimum atomic E-state index is 0.305. The third-order valence-corrected chi connectivity index (χ3v) is 4.57. The molecule has 3 heteroatoms. The summed E-state index contributed by atoms with van der Waals surface area (Å²) >= 11 is 4.57. The van der Waals surface area contributed by atoms with Crippen LogP contribution in [0.2, 0.25) is 0 Å². The van der Waals surface area contributed by atoms with Crippen LogP contribution >= 0.6 is 12.6 Å². The van der Waals surface area contributed by atoms with Crippen molar-refractivity contribution in [2.45, 2.75) is 19.8 Å². The largest absolute Gasteiger partial charge is 0.381 e. The Kier molecular flexibility index (Phi) is 4.57. The summed E-state index contributed by atoms with van der Waals surface area (Å²) in [7, 11) is 2.18. The van der Waals surface area contributed by atoms with E-state index in [0.29, 0.717) is 5.41 Å². The van der Waals surface area contributed by atoms with E-state index in [0.717, 1.165) is 38.4 Å². The van der Waals surface area contributed by atoms with Gasteiger partial charge in [0.15, 0.2) is 0 Å². The van der Waals surface area contributed by atoms with Crippen LogP contribution in [0.4, 0.5) is 5.69 Å². The van der Waals surface area contributed by atoms with Crippen LogP contribution in [0.15, 0.2) is 24.3 Å². The van der Waals surface area contributed by atoms with Crippen LogP contribution in [-0.2, 0) is 4.74 Å². The summed E-state index contributed by atoms with van der Waals surface area (Å²) in [4.78, 5) is 2.36. The highest BCUT2D eigenvalue weighted by Crippen LogP contribution is 2.33. The molecule has 1 aliphatic rings. The molecule has 1 aromatic rings. The maximum atomic E-state index is 5.48. The molecule has 1 aliphatic heterocycles. The molecule has 0 aliphatic carbocycles. The maximum Gasteiger partial charge on any atom is 0.0472 e. The van der Waals surface area contributed by atoms with Crippen LogP contribution in [-0.4, -0.2) is 32.6 Å². The second-order valence-electron chi connectivity index (χ2n) is 5.47. The average Bonchev–Trinajstić information content (AvgIpc) is 2.40. The van der Waals surface area contributed by atoms with Gasteiger partial charge in [-0.3, -0.25) is 0 Å². The minimum Gasteiger partial charge on any atom is -0.381 e. The van der Waals surface area contributed by atoms with Crippen molar-refractivity contribution in [3.05, 3.63) is 29.8 Å². The summed E-state index contributed by atoms with van der Waals surface area (Å²) < 4.78 is 5.48. The molecule has 100 valence electrons. The Morgan fingerprint density at radius 3 is 2.67 bits per heavy atom. The van der Waals surface area contributed by atoms with Gasteiger partial charge in [0.1, 0.15) is 0 Å². The normalized spacial score (nSPS) is 18.6. The number of ether oxygens (including phenoxy) is 1. The Balaban J connectivity index is 2.07. The van der Waals surface area contributed by atoms with E-state index >= 15 is 0 Å². The van der Waals surface area contributed by atoms with Gasteiger partial charge in [-0.05, 0) is 43.2 Å². The van der Waals surface area contributed by atoms with E-state index in [1.807, 2.05) is 0 Å². The molecule has 18 heavy (non-hydrogen) atoms. The zero-order valence-electron chi connectivity index (χ0n) is 11.4. The molecular weight excluding hydrogens is 242 g/mol. The number of hydrogen-bond acceptors (Lipinski definition) is 3. The van der Waals surface area contributed by atoms with E-state index in [4.69, 9.17) is 4.74 Å². The summed E-state index contributed by atoms with van der Waals surface area (Å²) in [5.41, 5.74) is 2.91. The molecular formula is C15H23NOS. The molecule has 0 saturated carbocycles. The van der Waals surface area contributed by atoms with Gasteiger partial charge in [0.2, 0.25) is 0 Å². The number of rotatable bonds is 4. The first kappa shape index (κ1) is 13.8. The highest BCUT2D eigenvalue weighted by molar-refractivity contribution is 7.80. The van der Waals surface area contributed by atoms with Crippen LogP contribution < -0.4 is 4.90 Å². The highest BCUT2D eigenvalue weighted by Gasteiger charge is 2.32. The number of aryl methyl sites for hydroxylation is 1. The van der Waals surface area contributed by atoms with Crippen LogP contribution in [0.3, 0.4) is 0 Å². The summed E-state index contributed by atoms with van der Waals surface area (Å²) in [5.74, 6) is 0.937. The lowest BCUT2D eigenvalue weighted by Crippen LogP contribution is -2.41. The van der Waals surface area contributed by atoms with Gasteiger partial charge in [-0.2, -0.15) is 12.6 Å². The van der Waals surface area contributed by atoms with Crippen molar-refractivity contribution in [2.75, 3.05) is 37.5 Å². The van der Waals surface area contributed by atoms with Crippen LogP contribution in [0, 0.1) is 12.3 Å². The monoisotopic (exact) mass is 265 g/mol. The summed E-state index contributed by atoms with van der Waals surface area (Å²) in [6, 6.07) is 8.68. The molecule has 0 aromatic heterocycles. The SMILES string of the molecule is Cc1cccc(N(C)CC2(CS)CCOCC2)c1. The number of hydrogen-bond donors (Lipinski definition) is 1. The Bertz CT molecular complexity index is 388. The van der Waals surface area contributed by atoms with E-state index in [-0.39, 0.29) is 0 Å². The molecule has 0 radical (unpaired) electrons. The quantitative estimate of drug-likeness (QED) is 0.840. The third kappa shape index (κ3) is 3.21. The van der Waals surface area contributed by atoms with Crippen molar-refractivity contribution in [3.8, 4) is 0 Å². The summed E-state index contributed by atoms with van der Waals surface area (Å²) in [6.07, 6.45) is 2.24. The van der Waals surface area contributed by atoms with Gasteiger partial charge in [0.25, 0.3) is 0 Å². The third-order valence-electron chi connectivity index (χ3n) is 3.90. The molecule has 2 nitrogen and oxygen atoms in total. The Morgan fingerprint density at radius 1 is 1.33 bits per heavy atom. The number of thiol groups is 1. The fourth-order valence-electron chi connectivity index (χ4n) is 2.63. The van der Waals surface area contributed by atoms with Crippen LogP contribution in [0.25, 0.3) is 0 Å². The van der Waals surface area contributed by atoms with Gasteiger partial charge in [0.05, 0.1) is 0 Å². The fraction of sp³-hybridized carbons (Fsp3) is 0.600. The van der Waals surface area contributed by atoms with Gasteiger partial charge in [-0.15, -0.1) is 0 Å². The molecule has 1 saturated heterocycles. The molecule has 2 rings (SSSR count). The molecule has 0 amide bonds. The Hall–Kier alpha value is -0.670. The van der Waals surface area contributed by atoms with Crippen LogP contribution in [0.5, 0.6) is 0 Å². The second kappa shape index (κ2) is 5.98. The number of nitrogens with zero attached hydrogens (tertiary/aromatic N) is 1. The molecule has 0 bridgehead atoms. The van der Waals surface area contributed by atoms with E-state index in [2.05, 4.69) is 55.8 Å². The predicted octanol–water partition coefficient (Wildman–Crippen LogP) is 3.16. The highest BCUT2D eigenvalue weighted by atomic mass is 32.1. The minimum absolute atomic E-state index is 0.305. The molecule has 1 aromatic carbocycles. The first-order chi connectivity index (χ1) is 8.65. The molecule has 0 spiro atoms. The number of benzene rings is 1. The van der Waals surface area contributed by atoms with Crippen molar-refractivity contribution in [3.63, 3.8) is 0 Å². The molecule has 1 heterocycles. The Morgan fingerprint density at radius 2 is 2.06 bits per heavy atom. The molecule has 0 N–H and O–H groups in total. The van der Waals surface area contributed by atoms with Crippen molar-refractivity contribution in [2.24, 2.45) is 5.41 Å². The van der Waals surface area contributed by atoms with E-state index in [1.54, 1.807) is 0 Å². The van der Waals surface area contributed by atoms with Gasteiger partial charge in [-0.25, -0.2) is 0 Å². The lowest BCUT2D eigenvalue weighted by molar-refractivity contribution is 0.0301. The lowest BCUT2D eigenvalue weighted by Gasteiger charge is -2.39. The van der Waals surface area contributed by atoms with Crippen molar-refractivity contribution >= 4 is 18.3 Å². The lowest BCUT2D eigenvalue weighted by atomic mass is 9.81. The Labute approximate surface area is 116 Å². The van der Waals surface area contributed by atoms with Crippen LogP contribution in [0.1, 0.15) is 18.4 Å². The standard InChI is InChI=1S/C15H23NOS/c1-13-4-3-5-14(10-13)16(2)11-15(12-18)6-8-17-9-7-15/h3-5,10,18H,6-9,11-12H2,1-2H3.